The highest BCUT2D eigenvalue weighted by Gasteiger charge is 2.09. The third-order valence-corrected chi connectivity index (χ3v) is 2.90. The van der Waals surface area contributed by atoms with Gasteiger partial charge in [-0.1, -0.05) is 51.5 Å². The summed E-state index contributed by atoms with van der Waals surface area (Å²) in [4.78, 5) is 0. The van der Waals surface area contributed by atoms with Crippen LogP contribution in [0.15, 0.2) is 24.3 Å². The molecule has 0 unspecified atom stereocenters. The number of nitrogens with two attached hydrogens (primary N) is 1. The van der Waals surface area contributed by atoms with E-state index in [9.17, 15) is 0 Å². The molecule has 0 aliphatic heterocycles. The van der Waals surface area contributed by atoms with Gasteiger partial charge in [-0.05, 0) is 29.9 Å². The van der Waals surface area contributed by atoms with E-state index in [1.54, 1.807) is 0 Å². The molecule has 0 heterocycles. The molecular formula is C14H23N. The standard InChI is InChI=1S/C14H23N/c1-4-5-6-12-7-9-13(10-8-12)14(15)11(2)3/h7-11,14H,4-6,15H2,1-3H3/t14-/m1/s1. The van der Waals surface area contributed by atoms with Gasteiger partial charge in [0.15, 0.2) is 0 Å². The summed E-state index contributed by atoms with van der Waals surface area (Å²) >= 11 is 0. The average molecular weight is 205 g/mol. The molecule has 0 fully saturated rings. The summed E-state index contributed by atoms with van der Waals surface area (Å²) in [6, 6.07) is 8.96. The topological polar surface area (TPSA) is 26.0 Å². The predicted molar refractivity (Wildman–Crippen MR) is 66.8 cm³/mol. The van der Waals surface area contributed by atoms with Crippen molar-refractivity contribution in [2.45, 2.75) is 46.1 Å². The zero-order chi connectivity index (χ0) is 11.3. The minimum atomic E-state index is 0.172. The van der Waals surface area contributed by atoms with E-state index < -0.39 is 0 Å². The van der Waals surface area contributed by atoms with Crippen LogP contribution >= 0.6 is 0 Å². The maximum absolute atomic E-state index is 6.09. The van der Waals surface area contributed by atoms with Crippen LogP contribution in [0.25, 0.3) is 0 Å². The molecule has 0 bridgehead atoms. The lowest BCUT2D eigenvalue weighted by Crippen LogP contribution is -2.16. The average Bonchev–Trinajstić information content (AvgIpc) is 2.26. The number of aryl methyl sites for hydroxylation is 1. The molecular weight excluding hydrogens is 182 g/mol. The first-order chi connectivity index (χ1) is 7.15. The number of hydrogen-bond acceptors (Lipinski definition) is 1. The fourth-order valence-corrected chi connectivity index (χ4v) is 1.67. The van der Waals surface area contributed by atoms with E-state index in [-0.39, 0.29) is 6.04 Å². The van der Waals surface area contributed by atoms with Gasteiger partial charge in [0.05, 0.1) is 0 Å². The molecule has 1 nitrogen and oxygen atoms in total. The van der Waals surface area contributed by atoms with Crippen molar-refractivity contribution in [3.8, 4) is 0 Å². The summed E-state index contributed by atoms with van der Waals surface area (Å²) in [7, 11) is 0. The third kappa shape index (κ3) is 3.67. The van der Waals surface area contributed by atoms with Crippen LogP contribution in [0, 0.1) is 5.92 Å². The first kappa shape index (κ1) is 12.3. The number of rotatable bonds is 5. The molecule has 0 aliphatic carbocycles. The van der Waals surface area contributed by atoms with E-state index in [0.717, 1.165) is 0 Å². The van der Waals surface area contributed by atoms with Crippen molar-refractivity contribution in [2.24, 2.45) is 11.7 Å². The van der Waals surface area contributed by atoms with Crippen LogP contribution in [-0.4, -0.2) is 0 Å². The van der Waals surface area contributed by atoms with Crippen molar-refractivity contribution in [2.75, 3.05) is 0 Å². The van der Waals surface area contributed by atoms with Crippen molar-refractivity contribution in [3.05, 3.63) is 35.4 Å². The lowest BCUT2D eigenvalue weighted by Gasteiger charge is -2.16. The Morgan fingerprint density at radius 1 is 1.13 bits per heavy atom. The van der Waals surface area contributed by atoms with E-state index >= 15 is 0 Å². The van der Waals surface area contributed by atoms with Gasteiger partial charge in [0.1, 0.15) is 0 Å². The highest BCUT2D eigenvalue weighted by molar-refractivity contribution is 5.25. The molecule has 1 rings (SSSR count). The molecule has 1 atom stereocenters. The predicted octanol–water partition coefficient (Wildman–Crippen LogP) is 3.69. The monoisotopic (exact) mass is 205 g/mol. The summed E-state index contributed by atoms with van der Waals surface area (Å²) in [5, 5.41) is 0. The summed E-state index contributed by atoms with van der Waals surface area (Å²) in [6.07, 6.45) is 3.72. The normalized spacial score (nSPS) is 13.1. The number of unbranched alkanes of at least 4 members (excludes halogenated alkanes) is 1. The van der Waals surface area contributed by atoms with Crippen molar-refractivity contribution >= 4 is 0 Å². The Labute approximate surface area is 93.7 Å². The number of benzene rings is 1. The molecule has 1 aromatic carbocycles. The first-order valence-corrected chi connectivity index (χ1v) is 5.99. The Bertz CT molecular complexity index is 274. The van der Waals surface area contributed by atoms with Crippen LogP contribution in [0.5, 0.6) is 0 Å². The lowest BCUT2D eigenvalue weighted by molar-refractivity contribution is 0.514. The Kier molecular flexibility index (Phi) is 4.83. The first-order valence-electron chi connectivity index (χ1n) is 5.99. The van der Waals surface area contributed by atoms with E-state index in [2.05, 4.69) is 45.0 Å². The molecule has 1 heteroatoms. The van der Waals surface area contributed by atoms with Crippen LogP contribution in [0.4, 0.5) is 0 Å². The van der Waals surface area contributed by atoms with Gasteiger partial charge in [-0.25, -0.2) is 0 Å². The molecule has 1 aromatic rings. The second-order valence-electron chi connectivity index (χ2n) is 4.61. The molecule has 0 spiro atoms. The van der Waals surface area contributed by atoms with Gasteiger partial charge in [-0.2, -0.15) is 0 Å². The van der Waals surface area contributed by atoms with Gasteiger partial charge in [0, 0.05) is 6.04 Å². The third-order valence-electron chi connectivity index (χ3n) is 2.90. The van der Waals surface area contributed by atoms with Crippen molar-refractivity contribution in [3.63, 3.8) is 0 Å². The molecule has 2 N–H and O–H groups in total. The molecule has 0 saturated heterocycles. The van der Waals surface area contributed by atoms with E-state index in [4.69, 9.17) is 5.73 Å². The van der Waals surface area contributed by atoms with Gasteiger partial charge < -0.3 is 5.73 Å². The minimum absolute atomic E-state index is 0.172. The van der Waals surface area contributed by atoms with Gasteiger partial charge in [-0.15, -0.1) is 0 Å². The molecule has 15 heavy (non-hydrogen) atoms. The SMILES string of the molecule is CCCCc1ccc([C@H](N)C(C)C)cc1. The Morgan fingerprint density at radius 3 is 2.20 bits per heavy atom. The fraction of sp³-hybridized carbons (Fsp3) is 0.571. The second kappa shape index (κ2) is 5.92. The summed E-state index contributed by atoms with van der Waals surface area (Å²) in [5.41, 5.74) is 8.77. The van der Waals surface area contributed by atoms with E-state index in [1.807, 2.05) is 0 Å². The Morgan fingerprint density at radius 2 is 1.73 bits per heavy atom. The van der Waals surface area contributed by atoms with Crippen molar-refractivity contribution in [1.29, 1.82) is 0 Å². The molecule has 0 amide bonds. The van der Waals surface area contributed by atoms with Crippen molar-refractivity contribution < 1.29 is 0 Å². The number of hydrogen-bond donors (Lipinski definition) is 1. The van der Waals surface area contributed by atoms with Crippen LogP contribution in [-0.2, 0) is 6.42 Å². The summed E-state index contributed by atoms with van der Waals surface area (Å²) < 4.78 is 0. The quantitative estimate of drug-likeness (QED) is 0.779. The van der Waals surface area contributed by atoms with E-state index in [1.165, 1.54) is 30.4 Å². The van der Waals surface area contributed by atoms with E-state index in [0.29, 0.717) is 5.92 Å². The largest absolute Gasteiger partial charge is 0.324 e. The summed E-state index contributed by atoms with van der Waals surface area (Å²) in [6.45, 7) is 6.55. The highest BCUT2D eigenvalue weighted by atomic mass is 14.6. The zero-order valence-electron chi connectivity index (χ0n) is 10.2. The van der Waals surface area contributed by atoms with Gasteiger partial charge >= 0.3 is 0 Å². The van der Waals surface area contributed by atoms with Crippen LogP contribution in [0.2, 0.25) is 0 Å². The lowest BCUT2D eigenvalue weighted by atomic mass is 9.95. The smallest absolute Gasteiger partial charge is 0.0318 e. The maximum atomic E-state index is 6.09. The van der Waals surface area contributed by atoms with Gasteiger partial charge in [0.2, 0.25) is 0 Å². The molecule has 0 aromatic heterocycles. The molecule has 0 radical (unpaired) electrons. The van der Waals surface area contributed by atoms with Crippen molar-refractivity contribution in [1.82, 2.24) is 0 Å². The fourth-order valence-electron chi connectivity index (χ4n) is 1.67. The van der Waals surface area contributed by atoms with Crippen LogP contribution < -0.4 is 5.73 Å². The molecule has 84 valence electrons. The van der Waals surface area contributed by atoms with Crippen LogP contribution in [0.3, 0.4) is 0 Å². The maximum Gasteiger partial charge on any atom is 0.0318 e. The highest BCUT2D eigenvalue weighted by Crippen LogP contribution is 2.19. The molecule has 0 saturated carbocycles. The summed E-state index contributed by atoms with van der Waals surface area (Å²) in [5.74, 6) is 0.506. The second-order valence-corrected chi connectivity index (χ2v) is 4.61. The Hall–Kier alpha value is -0.820. The Balaban J connectivity index is 2.63. The zero-order valence-corrected chi connectivity index (χ0v) is 10.2. The van der Waals surface area contributed by atoms with Crippen LogP contribution in [0.1, 0.15) is 50.8 Å². The van der Waals surface area contributed by atoms with Gasteiger partial charge in [0.25, 0.3) is 0 Å². The van der Waals surface area contributed by atoms with Gasteiger partial charge in [-0.3, -0.25) is 0 Å². The molecule has 0 aliphatic rings. The minimum Gasteiger partial charge on any atom is -0.324 e.